The predicted octanol–water partition coefficient (Wildman–Crippen LogP) is 1.77. The summed E-state index contributed by atoms with van der Waals surface area (Å²) in [4.78, 5) is -0.0531. The van der Waals surface area contributed by atoms with Crippen LogP contribution >= 0.6 is 0 Å². The second kappa shape index (κ2) is 5.36. The molecule has 0 radical (unpaired) electrons. The standard InChI is InChI=1S/C14H13N3O4S2/c1-22(18,19)14-5-3-2-4-13(14)17-23(20,21)11-6-7-12-10(8-11)9-15-16-12/h2-9,17H,1H3,(H,15,16). The molecule has 1 heterocycles. The summed E-state index contributed by atoms with van der Waals surface area (Å²) in [7, 11) is -7.48. The molecule has 3 aromatic rings. The Hall–Kier alpha value is -2.39. The summed E-state index contributed by atoms with van der Waals surface area (Å²) >= 11 is 0. The van der Waals surface area contributed by atoms with E-state index in [2.05, 4.69) is 14.9 Å². The summed E-state index contributed by atoms with van der Waals surface area (Å²) in [6.45, 7) is 0. The normalized spacial score (nSPS) is 12.4. The first-order valence-electron chi connectivity index (χ1n) is 6.52. The van der Waals surface area contributed by atoms with Crippen LogP contribution in [-0.4, -0.2) is 33.3 Å². The van der Waals surface area contributed by atoms with Crippen molar-refractivity contribution >= 4 is 36.5 Å². The van der Waals surface area contributed by atoms with Crippen LogP contribution in [0.15, 0.2) is 58.5 Å². The number of rotatable bonds is 4. The Labute approximate surface area is 133 Å². The van der Waals surface area contributed by atoms with E-state index in [-0.39, 0.29) is 15.5 Å². The Morgan fingerprint density at radius 3 is 2.52 bits per heavy atom. The van der Waals surface area contributed by atoms with Gasteiger partial charge in [-0.1, -0.05) is 12.1 Å². The lowest BCUT2D eigenvalue weighted by molar-refractivity contribution is 0.601. The van der Waals surface area contributed by atoms with Crippen molar-refractivity contribution in [1.29, 1.82) is 0 Å². The first-order chi connectivity index (χ1) is 10.8. The van der Waals surface area contributed by atoms with Gasteiger partial charge in [0, 0.05) is 11.6 Å². The molecular weight excluding hydrogens is 338 g/mol. The molecule has 0 aliphatic rings. The van der Waals surface area contributed by atoms with Gasteiger partial charge >= 0.3 is 0 Å². The fourth-order valence-electron chi connectivity index (χ4n) is 2.17. The van der Waals surface area contributed by atoms with Crippen molar-refractivity contribution in [3.8, 4) is 0 Å². The fraction of sp³-hybridized carbons (Fsp3) is 0.0714. The van der Waals surface area contributed by atoms with Crippen LogP contribution in [0.1, 0.15) is 0 Å². The van der Waals surface area contributed by atoms with E-state index in [1.54, 1.807) is 12.1 Å². The maximum Gasteiger partial charge on any atom is 0.261 e. The summed E-state index contributed by atoms with van der Waals surface area (Å²) in [5.41, 5.74) is 0.725. The Kier molecular flexibility index (Phi) is 3.61. The SMILES string of the molecule is CS(=O)(=O)c1ccccc1NS(=O)(=O)c1ccc2[nH]ncc2c1. The average molecular weight is 351 g/mol. The minimum Gasteiger partial charge on any atom is -0.278 e. The highest BCUT2D eigenvalue weighted by molar-refractivity contribution is 7.93. The van der Waals surface area contributed by atoms with Crippen molar-refractivity contribution in [2.45, 2.75) is 9.79 Å². The zero-order valence-electron chi connectivity index (χ0n) is 12.0. The molecular formula is C14H13N3O4S2. The summed E-state index contributed by atoms with van der Waals surface area (Å²) < 4.78 is 50.9. The van der Waals surface area contributed by atoms with E-state index >= 15 is 0 Å². The molecule has 7 nitrogen and oxygen atoms in total. The van der Waals surface area contributed by atoms with Gasteiger partial charge in [0.25, 0.3) is 10.0 Å². The minimum absolute atomic E-state index is 0.0160. The minimum atomic E-state index is -3.92. The molecule has 0 aliphatic carbocycles. The number of sulfonamides is 1. The first kappa shape index (κ1) is 15.5. The molecule has 0 fully saturated rings. The van der Waals surface area contributed by atoms with Gasteiger partial charge < -0.3 is 0 Å². The van der Waals surface area contributed by atoms with Crippen molar-refractivity contribution in [2.75, 3.05) is 11.0 Å². The van der Waals surface area contributed by atoms with Crippen LogP contribution in [0.3, 0.4) is 0 Å². The fourth-order valence-corrected chi connectivity index (χ4v) is 4.19. The Morgan fingerprint density at radius 1 is 1.04 bits per heavy atom. The number of hydrogen-bond donors (Lipinski definition) is 2. The average Bonchev–Trinajstić information content (AvgIpc) is 2.93. The van der Waals surface area contributed by atoms with E-state index in [4.69, 9.17) is 0 Å². The topological polar surface area (TPSA) is 109 Å². The number of H-pyrrole nitrogens is 1. The van der Waals surface area contributed by atoms with Crippen LogP contribution in [0.5, 0.6) is 0 Å². The maximum atomic E-state index is 12.5. The molecule has 0 saturated heterocycles. The Bertz CT molecular complexity index is 1090. The number of benzene rings is 2. The van der Waals surface area contributed by atoms with E-state index in [0.717, 1.165) is 6.26 Å². The van der Waals surface area contributed by atoms with Crippen molar-refractivity contribution in [1.82, 2.24) is 10.2 Å². The molecule has 9 heteroatoms. The molecule has 120 valence electrons. The lowest BCUT2D eigenvalue weighted by Gasteiger charge is -2.11. The molecule has 0 bridgehead atoms. The zero-order chi connectivity index (χ0) is 16.7. The number of hydrogen-bond acceptors (Lipinski definition) is 5. The van der Waals surface area contributed by atoms with Crippen LogP contribution in [0, 0.1) is 0 Å². The van der Waals surface area contributed by atoms with E-state index in [0.29, 0.717) is 10.9 Å². The number of aromatic nitrogens is 2. The largest absolute Gasteiger partial charge is 0.278 e. The lowest BCUT2D eigenvalue weighted by atomic mass is 10.3. The molecule has 0 unspecified atom stereocenters. The molecule has 0 amide bonds. The first-order valence-corrected chi connectivity index (χ1v) is 9.90. The van der Waals surface area contributed by atoms with Gasteiger partial charge in [0.2, 0.25) is 0 Å². The van der Waals surface area contributed by atoms with Gasteiger partial charge in [-0.2, -0.15) is 5.10 Å². The van der Waals surface area contributed by atoms with Crippen LogP contribution in [0.4, 0.5) is 5.69 Å². The van der Waals surface area contributed by atoms with Crippen molar-refractivity contribution in [3.05, 3.63) is 48.7 Å². The van der Waals surface area contributed by atoms with Crippen LogP contribution in [0.2, 0.25) is 0 Å². The van der Waals surface area contributed by atoms with Crippen LogP contribution < -0.4 is 4.72 Å². The van der Waals surface area contributed by atoms with Crippen molar-refractivity contribution in [3.63, 3.8) is 0 Å². The van der Waals surface area contributed by atoms with E-state index in [1.165, 1.54) is 36.5 Å². The molecule has 3 rings (SSSR count). The zero-order valence-corrected chi connectivity index (χ0v) is 13.6. The number of anilines is 1. The second-order valence-electron chi connectivity index (χ2n) is 4.99. The van der Waals surface area contributed by atoms with Crippen LogP contribution in [0.25, 0.3) is 10.9 Å². The highest BCUT2D eigenvalue weighted by atomic mass is 32.2. The molecule has 0 spiro atoms. The molecule has 0 atom stereocenters. The number of sulfone groups is 1. The smallest absolute Gasteiger partial charge is 0.261 e. The molecule has 2 N–H and O–H groups in total. The van der Waals surface area contributed by atoms with Gasteiger partial charge in [0.15, 0.2) is 9.84 Å². The summed E-state index contributed by atoms with van der Waals surface area (Å²) in [5, 5.41) is 7.21. The maximum absolute atomic E-state index is 12.5. The van der Waals surface area contributed by atoms with Gasteiger partial charge in [-0.15, -0.1) is 0 Å². The monoisotopic (exact) mass is 351 g/mol. The summed E-state index contributed by atoms with van der Waals surface area (Å²) in [6.07, 6.45) is 2.54. The van der Waals surface area contributed by atoms with Gasteiger partial charge in [-0.25, -0.2) is 16.8 Å². The number of nitrogens with one attached hydrogen (secondary N) is 2. The molecule has 0 saturated carbocycles. The highest BCUT2D eigenvalue weighted by Crippen LogP contribution is 2.25. The summed E-state index contributed by atoms with van der Waals surface area (Å²) in [6, 6.07) is 10.3. The molecule has 2 aromatic carbocycles. The van der Waals surface area contributed by atoms with Gasteiger partial charge in [-0.05, 0) is 30.3 Å². The number of aromatic amines is 1. The van der Waals surface area contributed by atoms with Gasteiger partial charge in [0.1, 0.15) is 0 Å². The van der Waals surface area contributed by atoms with Crippen LogP contribution in [-0.2, 0) is 19.9 Å². The molecule has 1 aromatic heterocycles. The van der Waals surface area contributed by atoms with Gasteiger partial charge in [-0.3, -0.25) is 9.82 Å². The van der Waals surface area contributed by atoms with E-state index in [1.807, 2.05) is 0 Å². The molecule has 23 heavy (non-hydrogen) atoms. The Morgan fingerprint density at radius 2 is 1.78 bits per heavy atom. The quantitative estimate of drug-likeness (QED) is 0.744. The van der Waals surface area contributed by atoms with Crippen molar-refractivity contribution in [2.24, 2.45) is 0 Å². The Balaban J connectivity index is 2.05. The lowest BCUT2D eigenvalue weighted by Crippen LogP contribution is -2.15. The van der Waals surface area contributed by atoms with Gasteiger partial charge in [0.05, 0.1) is 27.2 Å². The predicted molar refractivity (Wildman–Crippen MR) is 86.5 cm³/mol. The number of fused-ring (bicyclic) bond motifs is 1. The third-order valence-corrected chi connectivity index (χ3v) is 5.77. The van der Waals surface area contributed by atoms with E-state index < -0.39 is 19.9 Å². The third-order valence-electron chi connectivity index (χ3n) is 3.25. The summed E-state index contributed by atoms with van der Waals surface area (Å²) in [5.74, 6) is 0. The second-order valence-corrected chi connectivity index (χ2v) is 8.66. The highest BCUT2D eigenvalue weighted by Gasteiger charge is 2.20. The van der Waals surface area contributed by atoms with Crippen molar-refractivity contribution < 1.29 is 16.8 Å². The van der Waals surface area contributed by atoms with E-state index in [9.17, 15) is 16.8 Å². The third kappa shape index (κ3) is 3.06. The number of para-hydroxylation sites is 1. The number of nitrogens with zero attached hydrogens (tertiary/aromatic N) is 1. The molecule has 0 aliphatic heterocycles.